The highest BCUT2D eigenvalue weighted by Gasteiger charge is 2.13. The van der Waals surface area contributed by atoms with Crippen molar-refractivity contribution in [2.75, 3.05) is 0 Å². The molecule has 7 heteroatoms. The molecule has 110 valence electrons. The van der Waals surface area contributed by atoms with Crippen LogP contribution in [-0.4, -0.2) is 41.2 Å². The first-order valence-corrected chi connectivity index (χ1v) is 7.06. The van der Waals surface area contributed by atoms with Crippen molar-refractivity contribution in [3.05, 3.63) is 48.5 Å². The Balaban J connectivity index is 1.56. The van der Waals surface area contributed by atoms with Gasteiger partial charge in [-0.15, -0.1) is 10.2 Å². The fourth-order valence-corrected chi connectivity index (χ4v) is 2.56. The smallest absolute Gasteiger partial charge is 0.113 e. The zero-order valence-electron chi connectivity index (χ0n) is 11.7. The van der Waals surface area contributed by atoms with Crippen LogP contribution in [0.5, 0.6) is 0 Å². The minimum absolute atomic E-state index is 0.356. The zero-order valence-corrected chi connectivity index (χ0v) is 11.7. The largest absolute Gasteiger partial charge is 0.389 e. The van der Waals surface area contributed by atoms with Crippen LogP contribution in [0, 0.1) is 0 Å². The maximum atomic E-state index is 10.3. The maximum absolute atomic E-state index is 10.3. The molecule has 0 aliphatic rings. The van der Waals surface area contributed by atoms with Crippen molar-refractivity contribution < 1.29 is 5.11 Å². The van der Waals surface area contributed by atoms with E-state index in [1.807, 2.05) is 48.5 Å². The lowest BCUT2D eigenvalue weighted by Crippen LogP contribution is -2.23. The van der Waals surface area contributed by atoms with E-state index in [1.54, 1.807) is 9.36 Å². The number of fused-ring (bicyclic) bond motifs is 2. The fourth-order valence-electron chi connectivity index (χ4n) is 2.56. The third-order valence-electron chi connectivity index (χ3n) is 3.61. The third kappa shape index (κ3) is 2.21. The number of hydrogen-bond donors (Lipinski definition) is 1. The van der Waals surface area contributed by atoms with Crippen LogP contribution >= 0.6 is 0 Å². The average Bonchev–Trinajstić information content (AvgIpc) is 3.13. The molecule has 0 aliphatic carbocycles. The maximum Gasteiger partial charge on any atom is 0.113 e. The molecule has 4 aromatic rings. The van der Waals surface area contributed by atoms with Gasteiger partial charge in [0.05, 0.1) is 30.2 Å². The molecule has 0 aliphatic heterocycles. The zero-order chi connectivity index (χ0) is 14.9. The van der Waals surface area contributed by atoms with Crippen LogP contribution in [0.3, 0.4) is 0 Å². The molecule has 0 bridgehead atoms. The topological polar surface area (TPSA) is 81.6 Å². The second-order valence-corrected chi connectivity index (χ2v) is 5.17. The Morgan fingerprint density at radius 3 is 1.73 bits per heavy atom. The van der Waals surface area contributed by atoms with Crippen LogP contribution in [-0.2, 0) is 13.1 Å². The lowest BCUT2D eigenvalue weighted by Gasteiger charge is -2.11. The Morgan fingerprint density at radius 2 is 1.23 bits per heavy atom. The highest BCUT2D eigenvalue weighted by Crippen LogP contribution is 2.13. The van der Waals surface area contributed by atoms with Crippen molar-refractivity contribution in [3.63, 3.8) is 0 Å². The van der Waals surface area contributed by atoms with E-state index < -0.39 is 6.10 Å². The van der Waals surface area contributed by atoms with Gasteiger partial charge in [0.25, 0.3) is 0 Å². The summed E-state index contributed by atoms with van der Waals surface area (Å²) in [7, 11) is 0. The summed E-state index contributed by atoms with van der Waals surface area (Å²) in [6, 6.07) is 15.4. The van der Waals surface area contributed by atoms with Gasteiger partial charge in [-0.25, -0.2) is 9.36 Å². The molecule has 1 N–H and O–H groups in total. The summed E-state index contributed by atoms with van der Waals surface area (Å²) < 4.78 is 3.41. The standard InChI is InChI=1S/C15H14N6O/c22-11(9-20-14-7-3-1-5-12(14)16-18-20)10-21-15-8-4-2-6-13(15)17-19-21/h1-8,11,22H,9-10H2. The molecular weight excluding hydrogens is 280 g/mol. The first kappa shape index (κ1) is 12.9. The summed E-state index contributed by atoms with van der Waals surface area (Å²) in [4.78, 5) is 0. The Labute approximate surface area is 125 Å². The summed E-state index contributed by atoms with van der Waals surface area (Å²) in [5.74, 6) is 0. The van der Waals surface area contributed by atoms with Crippen LogP contribution in [0.1, 0.15) is 0 Å². The molecular formula is C15H14N6O. The van der Waals surface area contributed by atoms with Crippen LogP contribution in [0.4, 0.5) is 0 Å². The van der Waals surface area contributed by atoms with Crippen molar-refractivity contribution >= 4 is 22.1 Å². The number of nitrogens with zero attached hydrogens (tertiary/aromatic N) is 6. The molecule has 7 nitrogen and oxygen atoms in total. The molecule has 0 saturated heterocycles. The van der Waals surface area contributed by atoms with Crippen LogP contribution < -0.4 is 0 Å². The predicted octanol–water partition coefficient (Wildman–Crippen LogP) is 1.24. The second-order valence-electron chi connectivity index (χ2n) is 5.17. The van der Waals surface area contributed by atoms with Gasteiger partial charge < -0.3 is 5.11 Å². The summed E-state index contributed by atoms with van der Waals surface area (Å²) in [6.07, 6.45) is -0.629. The minimum atomic E-state index is -0.629. The highest BCUT2D eigenvalue weighted by atomic mass is 16.3. The molecule has 0 amide bonds. The third-order valence-corrected chi connectivity index (χ3v) is 3.61. The van der Waals surface area contributed by atoms with E-state index in [1.165, 1.54) is 0 Å². The quantitative estimate of drug-likeness (QED) is 0.612. The van der Waals surface area contributed by atoms with Crippen molar-refractivity contribution in [2.24, 2.45) is 0 Å². The Bertz CT molecular complexity index is 852. The number of aliphatic hydroxyl groups is 1. The van der Waals surface area contributed by atoms with Crippen molar-refractivity contribution in [1.82, 2.24) is 30.0 Å². The Hall–Kier alpha value is -2.80. The van der Waals surface area contributed by atoms with E-state index in [9.17, 15) is 5.11 Å². The van der Waals surface area contributed by atoms with E-state index in [0.29, 0.717) is 13.1 Å². The van der Waals surface area contributed by atoms with Crippen molar-refractivity contribution in [3.8, 4) is 0 Å². The minimum Gasteiger partial charge on any atom is -0.389 e. The average molecular weight is 294 g/mol. The summed E-state index contributed by atoms with van der Waals surface area (Å²) >= 11 is 0. The monoisotopic (exact) mass is 294 g/mol. The van der Waals surface area contributed by atoms with E-state index in [0.717, 1.165) is 22.1 Å². The molecule has 0 spiro atoms. The molecule has 0 atom stereocenters. The number of para-hydroxylation sites is 2. The Kier molecular flexibility index (Phi) is 3.05. The lowest BCUT2D eigenvalue weighted by molar-refractivity contribution is 0.127. The van der Waals surface area contributed by atoms with Gasteiger partial charge in [-0.1, -0.05) is 34.7 Å². The van der Waals surface area contributed by atoms with Gasteiger partial charge in [-0.05, 0) is 24.3 Å². The summed E-state index contributed by atoms with van der Waals surface area (Å²) in [5, 5.41) is 26.7. The first-order valence-electron chi connectivity index (χ1n) is 7.06. The van der Waals surface area contributed by atoms with Crippen LogP contribution in [0.2, 0.25) is 0 Å². The number of aliphatic hydroxyl groups excluding tert-OH is 1. The SMILES string of the molecule is OC(Cn1nnc2ccccc21)Cn1nnc2ccccc21. The van der Waals surface area contributed by atoms with Gasteiger partial charge in [0, 0.05) is 0 Å². The summed E-state index contributed by atoms with van der Waals surface area (Å²) in [6.45, 7) is 0.712. The first-order chi connectivity index (χ1) is 10.8. The molecule has 2 aromatic carbocycles. The molecule has 4 rings (SSSR count). The van der Waals surface area contributed by atoms with Gasteiger partial charge in [0.1, 0.15) is 11.0 Å². The van der Waals surface area contributed by atoms with Crippen molar-refractivity contribution in [2.45, 2.75) is 19.2 Å². The van der Waals surface area contributed by atoms with Gasteiger partial charge >= 0.3 is 0 Å². The van der Waals surface area contributed by atoms with Gasteiger partial charge in [-0.3, -0.25) is 0 Å². The predicted molar refractivity (Wildman–Crippen MR) is 81.1 cm³/mol. The number of hydrogen-bond acceptors (Lipinski definition) is 5. The van der Waals surface area contributed by atoms with E-state index in [-0.39, 0.29) is 0 Å². The number of aromatic nitrogens is 6. The lowest BCUT2D eigenvalue weighted by atomic mass is 10.3. The van der Waals surface area contributed by atoms with Crippen LogP contribution in [0.25, 0.3) is 22.1 Å². The molecule has 2 heterocycles. The highest BCUT2D eigenvalue weighted by molar-refractivity contribution is 5.74. The molecule has 0 unspecified atom stereocenters. The van der Waals surface area contributed by atoms with Gasteiger partial charge in [-0.2, -0.15) is 0 Å². The number of rotatable bonds is 4. The van der Waals surface area contributed by atoms with E-state index in [4.69, 9.17) is 0 Å². The number of benzene rings is 2. The summed E-state index contributed by atoms with van der Waals surface area (Å²) in [5.41, 5.74) is 3.46. The van der Waals surface area contributed by atoms with Crippen molar-refractivity contribution in [1.29, 1.82) is 0 Å². The second kappa shape index (κ2) is 5.19. The van der Waals surface area contributed by atoms with Gasteiger partial charge in [0.15, 0.2) is 0 Å². The molecule has 2 aromatic heterocycles. The van der Waals surface area contributed by atoms with E-state index in [2.05, 4.69) is 20.6 Å². The van der Waals surface area contributed by atoms with E-state index >= 15 is 0 Å². The van der Waals surface area contributed by atoms with Gasteiger partial charge in [0.2, 0.25) is 0 Å². The van der Waals surface area contributed by atoms with Crippen LogP contribution in [0.15, 0.2) is 48.5 Å². The molecule has 22 heavy (non-hydrogen) atoms. The fraction of sp³-hybridized carbons (Fsp3) is 0.200. The molecule has 0 saturated carbocycles. The Morgan fingerprint density at radius 1 is 0.773 bits per heavy atom. The normalized spacial score (nSPS) is 11.7. The molecule has 0 radical (unpaired) electrons. The molecule has 0 fully saturated rings.